The van der Waals surface area contributed by atoms with E-state index in [0.29, 0.717) is 16.7 Å². The van der Waals surface area contributed by atoms with Crippen molar-refractivity contribution in [1.29, 1.82) is 0 Å². The van der Waals surface area contributed by atoms with Gasteiger partial charge in [0.25, 0.3) is 5.56 Å². The van der Waals surface area contributed by atoms with E-state index in [1.807, 2.05) is 6.92 Å². The molecule has 0 bridgehead atoms. The fourth-order valence-electron chi connectivity index (χ4n) is 2.27. The van der Waals surface area contributed by atoms with Crippen LogP contribution in [0.1, 0.15) is 5.56 Å². The van der Waals surface area contributed by atoms with Gasteiger partial charge in [-0.2, -0.15) is 8.42 Å². The molecule has 7 heteroatoms. The maximum atomic E-state index is 12.5. The summed E-state index contributed by atoms with van der Waals surface area (Å²) in [7, 11) is -2.56. The summed E-state index contributed by atoms with van der Waals surface area (Å²) in [6, 6.07) is 12.3. The van der Waals surface area contributed by atoms with Crippen molar-refractivity contribution in [2.45, 2.75) is 11.8 Å². The lowest BCUT2D eigenvalue weighted by molar-refractivity contribution is 0.415. The number of benzene rings is 2. The molecule has 0 radical (unpaired) electrons. The van der Waals surface area contributed by atoms with Crippen LogP contribution in [0.2, 0.25) is 0 Å². The van der Waals surface area contributed by atoms with Gasteiger partial charge < -0.3 is 13.9 Å². The maximum absolute atomic E-state index is 12.5. The molecule has 0 aliphatic heterocycles. The molecule has 0 atom stereocenters. The van der Waals surface area contributed by atoms with Crippen molar-refractivity contribution in [3.05, 3.63) is 64.4 Å². The highest BCUT2D eigenvalue weighted by Gasteiger charge is 2.19. The quantitative estimate of drug-likeness (QED) is 0.735. The maximum Gasteiger partial charge on any atom is 0.339 e. The summed E-state index contributed by atoms with van der Waals surface area (Å²) in [4.78, 5) is 14.4. The number of methoxy groups -OCH3 is 1. The van der Waals surface area contributed by atoms with Crippen molar-refractivity contribution in [2.24, 2.45) is 0 Å². The van der Waals surface area contributed by atoms with E-state index < -0.39 is 15.7 Å². The predicted octanol–water partition coefficient (Wildman–Crippen LogP) is 2.61. The number of hydrogen-bond acceptors (Lipinski definition) is 5. The van der Waals surface area contributed by atoms with E-state index in [0.717, 1.165) is 11.6 Å². The van der Waals surface area contributed by atoms with Crippen LogP contribution in [0.4, 0.5) is 0 Å². The smallest absolute Gasteiger partial charge is 0.339 e. The van der Waals surface area contributed by atoms with Gasteiger partial charge in [-0.3, -0.25) is 4.79 Å². The Morgan fingerprint density at radius 1 is 1.00 bits per heavy atom. The number of pyridine rings is 1. The molecule has 2 aromatic carbocycles. The topological polar surface area (TPSA) is 85.5 Å². The van der Waals surface area contributed by atoms with Gasteiger partial charge in [0.05, 0.1) is 12.6 Å². The molecular formula is C17H15NO5S. The molecule has 1 heterocycles. The first-order chi connectivity index (χ1) is 11.4. The fraction of sp³-hybridized carbons (Fsp3) is 0.118. The summed E-state index contributed by atoms with van der Waals surface area (Å²) in [5.41, 5.74) is 0.930. The van der Waals surface area contributed by atoms with Gasteiger partial charge in [-0.25, -0.2) is 0 Å². The first-order valence-corrected chi connectivity index (χ1v) is 8.52. The molecule has 3 rings (SSSR count). The molecule has 0 saturated carbocycles. The van der Waals surface area contributed by atoms with E-state index in [1.54, 1.807) is 30.3 Å². The number of rotatable bonds is 4. The zero-order valence-electron chi connectivity index (χ0n) is 13.1. The van der Waals surface area contributed by atoms with E-state index in [2.05, 4.69) is 4.98 Å². The highest BCUT2D eigenvalue weighted by atomic mass is 32.2. The van der Waals surface area contributed by atoms with Crippen LogP contribution in [0.5, 0.6) is 11.5 Å². The van der Waals surface area contributed by atoms with Crippen LogP contribution >= 0.6 is 0 Å². The first-order valence-electron chi connectivity index (χ1n) is 7.11. The highest BCUT2D eigenvalue weighted by molar-refractivity contribution is 7.87. The van der Waals surface area contributed by atoms with Crippen molar-refractivity contribution in [3.8, 4) is 11.5 Å². The molecule has 0 fully saturated rings. The van der Waals surface area contributed by atoms with Crippen molar-refractivity contribution in [2.75, 3.05) is 7.11 Å². The molecule has 0 aliphatic rings. The van der Waals surface area contributed by atoms with Crippen LogP contribution < -0.4 is 14.5 Å². The van der Waals surface area contributed by atoms with Gasteiger partial charge in [-0.05, 0) is 37.3 Å². The Morgan fingerprint density at radius 2 is 1.71 bits per heavy atom. The summed E-state index contributed by atoms with van der Waals surface area (Å²) in [5.74, 6) is 0.473. The summed E-state index contributed by atoms with van der Waals surface area (Å²) in [6.45, 7) is 1.85. The van der Waals surface area contributed by atoms with Gasteiger partial charge in [0.2, 0.25) is 0 Å². The van der Waals surface area contributed by atoms with Gasteiger partial charge in [-0.15, -0.1) is 0 Å². The largest absolute Gasteiger partial charge is 0.497 e. The lowest BCUT2D eigenvalue weighted by atomic mass is 10.2. The minimum absolute atomic E-state index is 0.0180. The van der Waals surface area contributed by atoms with Crippen LogP contribution in [0, 0.1) is 6.92 Å². The number of aryl methyl sites for hydroxylation is 1. The standard InChI is InChI=1S/C17H15NO5S/c1-11-3-6-13(7-4-11)24(20,21)23-16-10-17(19)18-15-8-5-12(22-2)9-14(15)16/h3-10H,1-2H3,(H,18,19). The van der Waals surface area contributed by atoms with E-state index >= 15 is 0 Å². The lowest BCUT2D eigenvalue weighted by Gasteiger charge is -2.10. The second kappa shape index (κ2) is 6.01. The summed E-state index contributed by atoms with van der Waals surface area (Å²) in [5, 5.41) is 0.435. The van der Waals surface area contributed by atoms with E-state index in [1.165, 1.54) is 19.2 Å². The number of aromatic amines is 1. The van der Waals surface area contributed by atoms with E-state index in [9.17, 15) is 13.2 Å². The Bertz CT molecular complexity index is 1050. The van der Waals surface area contributed by atoms with Crippen molar-refractivity contribution < 1.29 is 17.3 Å². The van der Waals surface area contributed by atoms with Crippen LogP contribution in [0.3, 0.4) is 0 Å². The predicted molar refractivity (Wildman–Crippen MR) is 90.1 cm³/mol. The second-order valence-corrected chi connectivity index (χ2v) is 6.81. The Balaban J connectivity index is 2.11. The van der Waals surface area contributed by atoms with Crippen LogP contribution in [-0.4, -0.2) is 20.5 Å². The molecule has 0 spiro atoms. The van der Waals surface area contributed by atoms with E-state index in [4.69, 9.17) is 8.92 Å². The van der Waals surface area contributed by atoms with Crippen LogP contribution in [0.15, 0.2) is 58.2 Å². The molecule has 0 unspecified atom stereocenters. The Hall–Kier alpha value is -2.80. The summed E-state index contributed by atoms with van der Waals surface area (Å²) < 4.78 is 35.3. The summed E-state index contributed by atoms with van der Waals surface area (Å²) in [6.07, 6.45) is 0. The Kier molecular flexibility index (Phi) is 4.02. The molecule has 1 aromatic heterocycles. The Morgan fingerprint density at radius 3 is 2.38 bits per heavy atom. The third kappa shape index (κ3) is 3.11. The zero-order chi connectivity index (χ0) is 17.3. The monoisotopic (exact) mass is 345 g/mol. The average Bonchev–Trinajstić information content (AvgIpc) is 2.54. The number of nitrogens with one attached hydrogen (secondary N) is 1. The highest BCUT2D eigenvalue weighted by Crippen LogP contribution is 2.28. The molecular weight excluding hydrogens is 330 g/mol. The average molecular weight is 345 g/mol. The molecule has 1 N–H and O–H groups in total. The minimum atomic E-state index is -4.05. The van der Waals surface area contributed by atoms with Gasteiger partial charge in [0.1, 0.15) is 10.6 Å². The van der Waals surface area contributed by atoms with Gasteiger partial charge in [0, 0.05) is 11.5 Å². The number of fused-ring (bicyclic) bond motifs is 1. The van der Waals surface area contributed by atoms with Crippen molar-refractivity contribution >= 4 is 21.0 Å². The van der Waals surface area contributed by atoms with Crippen molar-refractivity contribution in [3.63, 3.8) is 0 Å². The Labute approximate surface area is 138 Å². The molecule has 6 nitrogen and oxygen atoms in total. The fourth-order valence-corrected chi connectivity index (χ4v) is 3.21. The molecule has 0 amide bonds. The number of ether oxygens (including phenoxy) is 1. The second-order valence-electron chi connectivity index (χ2n) is 5.26. The molecule has 3 aromatic rings. The number of hydrogen-bond donors (Lipinski definition) is 1. The van der Waals surface area contributed by atoms with Gasteiger partial charge in [-0.1, -0.05) is 17.7 Å². The molecule has 0 aliphatic carbocycles. The third-order valence-corrected chi connectivity index (χ3v) is 4.77. The normalized spacial score (nSPS) is 11.4. The number of H-pyrrole nitrogens is 1. The number of aromatic nitrogens is 1. The third-order valence-electron chi connectivity index (χ3n) is 3.52. The SMILES string of the molecule is COc1ccc2[nH]c(=O)cc(OS(=O)(=O)c3ccc(C)cc3)c2c1. The van der Waals surface area contributed by atoms with Crippen LogP contribution in [-0.2, 0) is 10.1 Å². The molecule has 24 heavy (non-hydrogen) atoms. The zero-order valence-corrected chi connectivity index (χ0v) is 13.9. The minimum Gasteiger partial charge on any atom is -0.497 e. The lowest BCUT2D eigenvalue weighted by Crippen LogP contribution is -2.13. The molecule has 124 valence electrons. The van der Waals surface area contributed by atoms with E-state index in [-0.39, 0.29) is 10.6 Å². The first kappa shape index (κ1) is 16.1. The van der Waals surface area contributed by atoms with Crippen molar-refractivity contribution in [1.82, 2.24) is 4.98 Å². The van der Waals surface area contributed by atoms with Gasteiger partial charge >= 0.3 is 10.1 Å². The molecule has 0 saturated heterocycles. The summed E-state index contributed by atoms with van der Waals surface area (Å²) >= 11 is 0. The van der Waals surface area contributed by atoms with Gasteiger partial charge in [0.15, 0.2) is 5.75 Å². The van der Waals surface area contributed by atoms with Crippen LogP contribution in [0.25, 0.3) is 10.9 Å².